The van der Waals surface area contributed by atoms with Gasteiger partial charge in [0.2, 0.25) is 0 Å². The molecule has 0 unspecified atom stereocenters. The molecule has 1 aliphatic heterocycles. The normalized spacial score (nSPS) is 15.7. The summed E-state index contributed by atoms with van der Waals surface area (Å²) in [5.41, 5.74) is 0.226. The fourth-order valence-corrected chi connectivity index (χ4v) is 2.63. The van der Waals surface area contributed by atoms with E-state index in [1.807, 2.05) is 0 Å². The van der Waals surface area contributed by atoms with Crippen molar-refractivity contribution >= 4 is 16.9 Å². The lowest BCUT2D eigenvalue weighted by molar-refractivity contribution is 0.0374. The minimum atomic E-state index is -0.352. The van der Waals surface area contributed by atoms with Gasteiger partial charge in [-0.05, 0) is 25.1 Å². The van der Waals surface area contributed by atoms with E-state index in [2.05, 4.69) is 10.2 Å². The van der Waals surface area contributed by atoms with E-state index < -0.39 is 0 Å². The van der Waals surface area contributed by atoms with E-state index in [4.69, 9.17) is 9.15 Å². The third-order valence-corrected chi connectivity index (χ3v) is 3.90. The molecule has 0 bridgehead atoms. The van der Waals surface area contributed by atoms with Gasteiger partial charge >= 0.3 is 0 Å². The molecule has 0 aliphatic carbocycles. The molecular formula is C17H20N2O4. The standard InChI is InChI=1S/C17H20N2O4/c20-14-12-16(23-15-5-2-1-4-13(14)15)17(21)18-6-3-7-19-8-10-22-11-9-19/h1-2,4-5,12H,3,6-11H2,(H,18,21). The number of hydrogen-bond donors (Lipinski definition) is 1. The Bertz CT molecular complexity index is 735. The van der Waals surface area contributed by atoms with Crippen molar-refractivity contribution < 1.29 is 13.9 Å². The van der Waals surface area contributed by atoms with Crippen LogP contribution in [0.2, 0.25) is 0 Å². The highest BCUT2D eigenvalue weighted by Gasteiger charge is 2.13. The van der Waals surface area contributed by atoms with Crippen LogP contribution >= 0.6 is 0 Å². The quantitative estimate of drug-likeness (QED) is 0.841. The fraction of sp³-hybridized carbons (Fsp3) is 0.412. The molecule has 1 aromatic carbocycles. The van der Waals surface area contributed by atoms with Crippen molar-refractivity contribution in [3.05, 3.63) is 46.3 Å². The van der Waals surface area contributed by atoms with Gasteiger partial charge in [0.15, 0.2) is 11.2 Å². The number of morpholine rings is 1. The van der Waals surface area contributed by atoms with Gasteiger partial charge in [0.25, 0.3) is 5.91 Å². The maximum absolute atomic E-state index is 12.1. The van der Waals surface area contributed by atoms with Crippen molar-refractivity contribution in [2.75, 3.05) is 39.4 Å². The highest BCUT2D eigenvalue weighted by Crippen LogP contribution is 2.11. The Morgan fingerprint density at radius 3 is 2.83 bits per heavy atom. The molecule has 6 heteroatoms. The van der Waals surface area contributed by atoms with Crippen LogP contribution < -0.4 is 10.7 Å². The van der Waals surface area contributed by atoms with Crippen LogP contribution in [0.15, 0.2) is 39.5 Å². The van der Waals surface area contributed by atoms with E-state index in [0.29, 0.717) is 17.5 Å². The van der Waals surface area contributed by atoms with Crippen LogP contribution in [0.1, 0.15) is 17.0 Å². The Hall–Kier alpha value is -2.18. The molecule has 0 atom stereocenters. The molecule has 6 nitrogen and oxygen atoms in total. The maximum atomic E-state index is 12.1. The number of amides is 1. The molecule has 1 aliphatic rings. The lowest BCUT2D eigenvalue weighted by Gasteiger charge is -2.26. The monoisotopic (exact) mass is 316 g/mol. The summed E-state index contributed by atoms with van der Waals surface area (Å²) in [7, 11) is 0. The summed E-state index contributed by atoms with van der Waals surface area (Å²) in [6, 6.07) is 8.16. The van der Waals surface area contributed by atoms with Crippen LogP contribution in [0.4, 0.5) is 0 Å². The summed E-state index contributed by atoms with van der Waals surface area (Å²) in [6.45, 7) is 4.89. The molecule has 2 heterocycles. The van der Waals surface area contributed by atoms with Gasteiger partial charge in [-0.2, -0.15) is 0 Å². The number of carbonyl (C=O) groups excluding carboxylic acids is 1. The van der Waals surface area contributed by atoms with Gasteiger partial charge in [-0.15, -0.1) is 0 Å². The first kappa shape index (κ1) is 15.7. The topological polar surface area (TPSA) is 71.8 Å². The number of para-hydroxylation sites is 1. The van der Waals surface area contributed by atoms with Gasteiger partial charge in [0.1, 0.15) is 5.58 Å². The number of ether oxygens (including phenoxy) is 1. The van der Waals surface area contributed by atoms with Crippen LogP contribution in [0.25, 0.3) is 11.0 Å². The summed E-state index contributed by atoms with van der Waals surface area (Å²) >= 11 is 0. The summed E-state index contributed by atoms with van der Waals surface area (Å²) in [6.07, 6.45) is 0.851. The van der Waals surface area contributed by atoms with Gasteiger partial charge in [0, 0.05) is 25.7 Å². The average Bonchev–Trinajstić information content (AvgIpc) is 2.59. The van der Waals surface area contributed by atoms with Gasteiger partial charge in [-0.1, -0.05) is 12.1 Å². The molecule has 2 aromatic rings. The number of benzene rings is 1. The van der Waals surface area contributed by atoms with E-state index in [1.54, 1.807) is 24.3 Å². The molecule has 0 radical (unpaired) electrons. The SMILES string of the molecule is O=C(NCCCN1CCOCC1)c1cc(=O)c2ccccc2o1. The summed E-state index contributed by atoms with van der Waals surface area (Å²) in [4.78, 5) is 26.4. The van der Waals surface area contributed by atoms with Crippen molar-refractivity contribution in [2.24, 2.45) is 0 Å². The molecule has 1 N–H and O–H groups in total. The Morgan fingerprint density at radius 2 is 2.00 bits per heavy atom. The van der Waals surface area contributed by atoms with Crippen LogP contribution in [0.3, 0.4) is 0 Å². The summed E-state index contributed by atoms with van der Waals surface area (Å²) < 4.78 is 10.8. The number of carbonyl (C=O) groups is 1. The summed E-state index contributed by atoms with van der Waals surface area (Å²) in [5, 5.41) is 3.28. The molecule has 122 valence electrons. The highest BCUT2D eigenvalue weighted by atomic mass is 16.5. The largest absolute Gasteiger partial charge is 0.451 e. The number of nitrogens with zero attached hydrogens (tertiary/aromatic N) is 1. The Labute approximate surface area is 134 Å². The third-order valence-electron chi connectivity index (χ3n) is 3.90. The molecule has 0 spiro atoms. The van der Waals surface area contributed by atoms with Crippen LogP contribution in [0.5, 0.6) is 0 Å². The Morgan fingerprint density at radius 1 is 1.22 bits per heavy atom. The summed E-state index contributed by atoms with van der Waals surface area (Å²) in [5.74, 6) is -0.296. The van der Waals surface area contributed by atoms with Crippen LogP contribution in [0, 0.1) is 0 Å². The van der Waals surface area contributed by atoms with Crippen molar-refractivity contribution in [2.45, 2.75) is 6.42 Å². The first-order chi connectivity index (χ1) is 11.2. The lowest BCUT2D eigenvalue weighted by Crippen LogP contribution is -2.38. The van der Waals surface area contributed by atoms with Gasteiger partial charge in [0.05, 0.1) is 18.6 Å². The first-order valence-electron chi connectivity index (χ1n) is 7.85. The zero-order valence-electron chi connectivity index (χ0n) is 12.9. The van der Waals surface area contributed by atoms with E-state index in [1.165, 1.54) is 6.07 Å². The number of nitrogens with one attached hydrogen (secondary N) is 1. The Balaban J connectivity index is 1.55. The maximum Gasteiger partial charge on any atom is 0.287 e. The van der Waals surface area contributed by atoms with E-state index >= 15 is 0 Å². The van der Waals surface area contributed by atoms with Gasteiger partial charge < -0.3 is 14.5 Å². The van der Waals surface area contributed by atoms with Crippen molar-refractivity contribution in [1.82, 2.24) is 10.2 Å². The number of rotatable bonds is 5. The zero-order valence-corrected chi connectivity index (χ0v) is 12.9. The second kappa shape index (κ2) is 7.39. The number of fused-ring (bicyclic) bond motifs is 1. The molecule has 3 rings (SSSR count). The van der Waals surface area contributed by atoms with Crippen molar-refractivity contribution in [3.8, 4) is 0 Å². The molecule has 23 heavy (non-hydrogen) atoms. The second-order valence-corrected chi connectivity index (χ2v) is 5.53. The average molecular weight is 316 g/mol. The van der Waals surface area contributed by atoms with Crippen LogP contribution in [-0.2, 0) is 4.74 Å². The minimum absolute atomic E-state index is 0.0556. The molecular weight excluding hydrogens is 296 g/mol. The second-order valence-electron chi connectivity index (χ2n) is 5.53. The minimum Gasteiger partial charge on any atom is -0.451 e. The molecule has 1 amide bonds. The molecule has 1 saturated heterocycles. The van der Waals surface area contributed by atoms with E-state index in [-0.39, 0.29) is 17.1 Å². The zero-order chi connectivity index (χ0) is 16.1. The van der Waals surface area contributed by atoms with Gasteiger partial charge in [-0.3, -0.25) is 14.5 Å². The smallest absolute Gasteiger partial charge is 0.287 e. The predicted molar refractivity (Wildman–Crippen MR) is 86.7 cm³/mol. The molecule has 1 fully saturated rings. The van der Waals surface area contributed by atoms with E-state index in [9.17, 15) is 9.59 Å². The Kier molecular flexibility index (Phi) is 5.05. The van der Waals surface area contributed by atoms with Crippen molar-refractivity contribution in [3.63, 3.8) is 0 Å². The predicted octanol–water partition coefficient (Wildman–Crippen LogP) is 1.25. The van der Waals surface area contributed by atoms with Gasteiger partial charge in [-0.25, -0.2) is 0 Å². The van der Waals surface area contributed by atoms with E-state index in [0.717, 1.165) is 39.3 Å². The molecule has 1 aromatic heterocycles. The third kappa shape index (κ3) is 3.97. The lowest BCUT2D eigenvalue weighted by atomic mass is 10.2. The highest BCUT2D eigenvalue weighted by molar-refractivity contribution is 5.93. The van der Waals surface area contributed by atoms with Crippen molar-refractivity contribution in [1.29, 1.82) is 0 Å². The number of hydrogen-bond acceptors (Lipinski definition) is 5. The fourth-order valence-electron chi connectivity index (χ4n) is 2.63. The first-order valence-corrected chi connectivity index (χ1v) is 7.85. The van der Waals surface area contributed by atoms with Crippen LogP contribution in [-0.4, -0.2) is 50.2 Å². The molecule has 0 saturated carbocycles.